The van der Waals surface area contributed by atoms with Gasteiger partial charge in [0, 0.05) is 20.6 Å². The highest BCUT2D eigenvalue weighted by molar-refractivity contribution is 5.77. The summed E-state index contributed by atoms with van der Waals surface area (Å²) in [6.07, 6.45) is 3.88. The standard InChI is InChI=1S/C16H22FN3O/c1-19(2)20-15(21)18-11-16(20)8-6-12(7-9-16)13-4-3-5-14(17)10-13/h3-5,10,12H,6-9,11H2,1-2H3,(H,18,21). The largest absolute Gasteiger partial charge is 0.334 e. The Kier molecular flexibility index (Phi) is 3.61. The first kappa shape index (κ1) is 14.3. The van der Waals surface area contributed by atoms with Crippen LogP contribution >= 0.6 is 0 Å². The maximum atomic E-state index is 13.4. The number of carbonyl (C=O) groups is 1. The fourth-order valence-corrected chi connectivity index (χ4v) is 3.85. The van der Waals surface area contributed by atoms with Gasteiger partial charge in [-0.05, 0) is 49.3 Å². The minimum Gasteiger partial charge on any atom is -0.334 e. The van der Waals surface area contributed by atoms with Crippen molar-refractivity contribution in [2.24, 2.45) is 0 Å². The first-order valence-electron chi connectivity index (χ1n) is 7.53. The second-order valence-electron chi connectivity index (χ2n) is 6.37. The maximum Gasteiger partial charge on any atom is 0.332 e. The highest BCUT2D eigenvalue weighted by Crippen LogP contribution is 2.42. The van der Waals surface area contributed by atoms with Gasteiger partial charge in [-0.3, -0.25) is 0 Å². The lowest BCUT2D eigenvalue weighted by Gasteiger charge is -2.44. The first-order valence-corrected chi connectivity index (χ1v) is 7.53. The number of hydrogen-bond donors (Lipinski definition) is 1. The van der Waals surface area contributed by atoms with Crippen LogP contribution in [-0.4, -0.2) is 42.2 Å². The molecule has 0 unspecified atom stereocenters. The van der Waals surface area contributed by atoms with E-state index in [2.05, 4.69) is 5.32 Å². The summed E-state index contributed by atoms with van der Waals surface area (Å²) in [7, 11) is 3.82. The number of nitrogens with zero attached hydrogens (tertiary/aromatic N) is 2. The second-order valence-corrected chi connectivity index (χ2v) is 6.37. The van der Waals surface area contributed by atoms with Crippen LogP contribution in [0, 0.1) is 5.82 Å². The van der Waals surface area contributed by atoms with Gasteiger partial charge in [-0.15, -0.1) is 0 Å². The Labute approximate surface area is 124 Å². The van der Waals surface area contributed by atoms with Crippen molar-refractivity contribution in [2.45, 2.75) is 37.1 Å². The molecule has 114 valence electrons. The third kappa shape index (κ3) is 2.50. The van der Waals surface area contributed by atoms with E-state index in [1.165, 1.54) is 6.07 Å². The van der Waals surface area contributed by atoms with Crippen LogP contribution < -0.4 is 5.32 Å². The molecule has 1 heterocycles. The molecule has 0 aromatic heterocycles. The van der Waals surface area contributed by atoms with Crippen molar-refractivity contribution in [1.29, 1.82) is 0 Å². The Bertz CT molecular complexity index is 538. The van der Waals surface area contributed by atoms with Crippen molar-refractivity contribution in [3.8, 4) is 0 Å². The molecular formula is C16H22FN3O. The first-order chi connectivity index (χ1) is 10.0. The lowest BCUT2D eigenvalue weighted by Crippen LogP contribution is -2.55. The normalized spacial score (nSPS) is 29.2. The van der Waals surface area contributed by atoms with E-state index in [9.17, 15) is 9.18 Å². The van der Waals surface area contributed by atoms with Gasteiger partial charge in [-0.1, -0.05) is 12.1 Å². The van der Waals surface area contributed by atoms with E-state index in [0.29, 0.717) is 12.5 Å². The van der Waals surface area contributed by atoms with E-state index in [1.807, 2.05) is 30.2 Å². The Balaban J connectivity index is 1.74. The molecule has 1 aliphatic carbocycles. The summed E-state index contributed by atoms with van der Waals surface area (Å²) in [5, 5.41) is 6.70. The van der Waals surface area contributed by atoms with Crippen LogP contribution in [0.3, 0.4) is 0 Å². The summed E-state index contributed by atoms with van der Waals surface area (Å²) in [4.78, 5) is 12.0. The van der Waals surface area contributed by atoms with Crippen LogP contribution in [0.25, 0.3) is 0 Å². The van der Waals surface area contributed by atoms with E-state index in [1.54, 1.807) is 12.1 Å². The van der Waals surface area contributed by atoms with Crippen LogP contribution in [0.15, 0.2) is 24.3 Å². The van der Waals surface area contributed by atoms with Crippen LogP contribution in [0.1, 0.15) is 37.2 Å². The van der Waals surface area contributed by atoms with Crippen molar-refractivity contribution in [2.75, 3.05) is 20.6 Å². The smallest absolute Gasteiger partial charge is 0.332 e. The Hall–Kier alpha value is -1.62. The molecule has 1 N–H and O–H groups in total. The number of rotatable bonds is 2. The molecular weight excluding hydrogens is 269 g/mol. The van der Waals surface area contributed by atoms with Gasteiger partial charge >= 0.3 is 6.03 Å². The van der Waals surface area contributed by atoms with Gasteiger partial charge in [-0.2, -0.15) is 0 Å². The monoisotopic (exact) mass is 291 g/mol. The number of hydrazine groups is 1. The summed E-state index contributed by atoms with van der Waals surface area (Å²) in [6.45, 7) is 0.708. The van der Waals surface area contributed by atoms with E-state index < -0.39 is 0 Å². The maximum absolute atomic E-state index is 13.4. The van der Waals surface area contributed by atoms with Gasteiger partial charge in [0.25, 0.3) is 0 Å². The van der Waals surface area contributed by atoms with Crippen LogP contribution in [0.5, 0.6) is 0 Å². The SMILES string of the molecule is CN(C)N1C(=O)NCC12CCC(c1cccc(F)c1)CC2. The molecule has 3 rings (SSSR count). The van der Waals surface area contributed by atoms with Crippen molar-refractivity contribution in [3.63, 3.8) is 0 Å². The molecule has 5 heteroatoms. The third-order valence-electron chi connectivity index (χ3n) is 4.85. The van der Waals surface area contributed by atoms with Gasteiger partial charge in [0.1, 0.15) is 5.82 Å². The van der Waals surface area contributed by atoms with E-state index in [4.69, 9.17) is 0 Å². The fraction of sp³-hybridized carbons (Fsp3) is 0.562. The van der Waals surface area contributed by atoms with Crippen molar-refractivity contribution < 1.29 is 9.18 Å². The molecule has 1 saturated heterocycles. The van der Waals surface area contributed by atoms with Crippen molar-refractivity contribution in [3.05, 3.63) is 35.6 Å². The zero-order valence-corrected chi connectivity index (χ0v) is 12.6. The molecule has 1 aliphatic heterocycles. The minimum atomic E-state index is -0.166. The number of carbonyl (C=O) groups excluding carboxylic acids is 1. The lowest BCUT2D eigenvalue weighted by atomic mass is 9.74. The van der Waals surface area contributed by atoms with Crippen molar-refractivity contribution >= 4 is 6.03 Å². The quantitative estimate of drug-likeness (QED) is 0.909. The molecule has 2 aliphatic rings. The number of benzene rings is 1. The van der Waals surface area contributed by atoms with E-state index >= 15 is 0 Å². The highest BCUT2D eigenvalue weighted by Gasteiger charge is 2.48. The predicted molar refractivity (Wildman–Crippen MR) is 79.3 cm³/mol. The Morgan fingerprint density at radius 3 is 2.67 bits per heavy atom. The van der Waals surface area contributed by atoms with Gasteiger partial charge < -0.3 is 5.32 Å². The zero-order chi connectivity index (χ0) is 15.0. The number of nitrogens with one attached hydrogen (secondary N) is 1. The average molecular weight is 291 g/mol. The van der Waals surface area contributed by atoms with Crippen LogP contribution in [0.2, 0.25) is 0 Å². The van der Waals surface area contributed by atoms with Gasteiger partial charge in [-0.25, -0.2) is 19.2 Å². The van der Waals surface area contributed by atoms with Gasteiger partial charge in [0.2, 0.25) is 0 Å². The molecule has 0 atom stereocenters. The minimum absolute atomic E-state index is 0.00999. The molecule has 2 amide bonds. The average Bonchev–Trinajstić information content (AvgIpc) is 2.76. The van der Waals surface area contributed by atoms with Gasteiger partial charge in [0.05, 0.1) is 5.54 Å². The number of halogens is 1. The summed E-state index contributed by atoms with van der Waals surface area (Å²) in [6, 6.07) is 6.91. The molecule has 1 aromatic carbocycles. The van der Waals surface area contributed by atoms with Gasteiger partial charge in [0.15, 0.2) is 0 Å². The second kappa shape index (κ2) is 5.30. The number of urea groups is 1. The molecule has 2 fully saturated rings. The molecule has 1 aromatic rings. The number of hydrogen-bond acceptors (Lipinski definition) is 2. The zero-order valence-electron chi connectivity index (χ0n) is 12.6. The fourth-order valence-electron chi connectivity index (χ4n) is 3.85. The third-order valence-corrected chi connectivity index (χ3v) is 4.85. The van der Waals surface area contributed by atoms with E-state index in [-0.39, 0.29) is 17.4 Å². The predicted octanol–water partition coefficient (Wildman–Crippen LogP) is 2.72. The highest BCUT2D eigenvalue weighted by atomic mass is 19.1. The molecule has 0 bridgehead atoms. The topological polar surface area (TPSA) is 35.6 Å². The molecule has 0 radical (unpaired) electrons. The number of amides is 2. The summed E-state index contributed by atoms with van der Waals surface area (Å²) >= 11 is 0. The molecule has 1 spiro atoms. The van der Waals surface area contributed by atoms with Crippen LogP contribution in [-0.2, 0) is 0 Å². The molecule has 4 nitrogen and oxygen atoms in total. The molecule has 21 heavy (non-hydrogen) atoms. The Morgan fingerprint density at radius 2 is 2.05 bits per heavy atom. The Morgan fingerprint density at radius 1 is 1.33 bits per heavy atom. The summed E-state index contributed by atoms with van der Waals surface area (Å²) in [5.41, 5.74) is 0.975. The van der Waals surface area contributed by atoms with Crippen molar-refractivity contribution in [1.82, 2.24) is 15.3 Å². The lowest BCUT2D eigenvalue weighted by molar-refractivity contribution is -0.0263. The summed E-state index contributed by atoms with van der Waals surface area (Å²) in [5.74, 6) is 0.228. The van der Waals surface area contributed by atoms with Crippen LogP contribution in [0.4, 0.5) is 9.18 Å². The molecule has 1 saturated carbocycles. The van der Waals surface area contributed by atoms with E-state index in [0.717, 1.165) is 31.2 Å². The summed E-state index contributed by atoms with van der Waals surface area (Å²) < 4.78 is 13.4.